The van der Waals surface area contributed by atoms with Gasteiger partial charge in [-0.25, -0.2) is 0 Å². The number of benzene rings is 2. The molecule has 0 aliphatic carbocycles. The van der Waals surface area contributed by atoms with Crippen molar-refractivity contribution in [2.75, 3.05) is 19.4 Å². The molecule has 1 atom stereocenters. The largest absolute Gasteiger partial charge is 0.493 e. The lowest BCUT2D eigenvalue weighted by atomic mass is 10.1. The number of rotatable bonds is 8. The molecule has 0 radical (unpaired) electrons. The molecule has 0 bridgehead atoms. The van der Waals surface area contributed by atoms with Crippen molar-refractivity contribution in [1.82, 2.24) is 0 Å². The molecule has 28 heavy (non-hydrogen) atoms. The lowest BCUT2D eigenvalue weighted by Crippen LogP contribution is -2.43. The molecule has 0 heterocycles. The Morgan fingerprint density at radius 2 is 1.71 bits per heavy atom. The number of nitrogens with two attached hydrogens (primary N) is 2. The van der Waals surface area contributed by atoms with Crippen molar-refractivity contribution in [1.29, 1.82) is 0 Å². The van der Waals surface area contributed by atoms with E-state index in [2.05, 4.69) is 33.9 Å². The van der Waals surface area contributed by atoms with Crippen molar-refractivity contribution in [3.8, 4) is 11.5 Å². The van der Waals surface area contributed by atoms with E-state index in [9.17, 15) is 0 Å². The molecule has 5 nitrogen and oxygen atoms in total. The van der Waals surface area contributed by atoms with Crippen LogP contribution in [0.2, 0.25) is 18.1 Å². The molecule has 2 aromatic rings. The maximum Gasteiger partial charge on any atom is 0.192 e. The molecular weight excluding hydrogens is 368 g/mol. The maximum absolute atomic E-state index is 6.52. The van der Waals surface area contributed by atoms with Gasteiger partial charge in [-0.15, -0.1) is 0 Å². The van der Waals surface area contributed by atoms with Crippen LogP contribution < -0.4 is 20.9 Å². The van der Waals surface area contributed by atoms with Crippen molar-refractivity contribution in [3.63, 3.8) is 0 Å². The van der Waals surface area contributed by atoms with E-state index in [-0.39, 0.29) is 11.1 Å². The van der Waals surface area contributed by atoms with Crippen LogP contribution in [-0.4, -0.2) is 22.0 Å². The minimum absolute atomic E-state index is 0.0920. The predicted octanol–water partition coefficient (Wildman–Crippen LogP) is 4.88. The number of ether oxygens (including phenoxy) is 2. The molecule has 0 saturated heterocycles. The zero-order valence-corrected chi connectivity index (χ0v) is 18.9. The SMILES string of the molecule is COc1cc(C(CN)O[Si](C)(C)C(C)(C)C)cc(N)c1OCc1ccccc1. The van der Waals surface area contributed by atoms with Gasteiger partial charge in [0, 0.05) is 6.54 Å². The molecule has 0 fully saturated rings. The highest BCUT2D eigenvalue weighted by molar-refractivity contribution is 6.74. The van der Waals surface area contributed by atoms with Gasteiger partial charge in [-0.1, -0.05) is 51.1 Å². The Morgan fingerprint density at radius 1 is 1.07 bits per heavy atom. The highest BCUT2D eigenvalue weighted by Crippen LogP contribution is 2.42. The van der Waals surface area contributed by atoms with Gasteiger partial charge in [0.25, 0.3) is 0 Å². The molecule has 4 N–H and O–H groups in total. The molecular formula is C22H34N2O3Si. The smallest absolute Gasteiger partial charge is 0.192 e. The van der Waals surface area contributed by atoms with Gasteiger partial charge in [-0.3, -0.25) is 0 Å². The summed E-state index contributed by atoms with van der Waals surface area (Å²) in [5.74, 6) is 1.13. The highest BCUT2D eigenvalue weighted by atomic mass is 28.4. The van der Waals surface area contributed by atoms with E-state index < -0.39 is 8.32 Å². The molecule has 2 rings (SSSR count). The number of hydrogen-bond donors (Lipinski definition) is 2. The van der Waals surface area contributed by atoms with Crippen LogP contribution in [0.25, 0.3) is 0 Å². The normalized spacial score (nSPS) is 13.2. The van der Waals surface area contributed by atoms with Crippen LogP contribution >= 0.6 is 0 Å². The van der Waals surface area contributed by atoms with Gasteiger partial charge in [0.1, 0.15) is 6.61 Å². The summed E-state index contributed by atoms with van der Waals surface area (Å²) < 4.78 is 18.0. The molecule has 154 valence electrons. The van der Waals surface area contributed by atoms with Gasteiger partial charge < -0.3 is 25.4 Å². The summed E-state index contributed by atoms with van der Waals surface area (Å²) in [6.07, 6.45) is -0.236. The van der Waals surface area contributed by atoms with E-state index in [1.807, 2.05) is 42.5 Å². The number of nitrogen functional groups attached to an aromatic ring is 1. The Hall–Kier alpha value is -2.02. The van der Waals surface area contributed by atoms with Gasteiger partial charge in [-0.05, 0) is 41.4 Å². The molecule has 0 amide bonds. The third-order valence-electron chi connectivity index (χ3n) is 5.38. The van der Waals surface area contributed by atoms with E-state index >= 15 is 0 Å². The van der Waals surface area contributed by atoms with Gasteiger partial charge in [-0.2, -0.15) is 0 Å². The van der Waals surface area contributed by atoms with Crippen LogP contribution in [0.1, 0.15) is 38.0 Å². The van der Waals surface area contributed by atoms with E-state index in [4.69, 9.17) is 25.4 Å². The van der Waals surface area contributed by atoms with Crippen LogP contribution in [0.4, 0.5) is 5.69 Å². The van der Waals surface area contributed by atoms with Crippen LogP contribution in [0.5, 0.6) is 11.5 Å². The zero-order chi connectivity index (χ0) is 20.9. The fraction of sp³-hybridized carbons (Fsp3) is 0.455. The second-order valence-corrected chi connectivity index (χ2v) is 13.3. The third kappa shape index (κ3) is 5.28. The van der Waals surface area contributed by atoms with E-state index in [0.29, 0.717) is 30.3 Å². The van der Waals surface area contributed by atoms with E-state index in [1.54, 1.807) is 7.11 Å². The summed E-state index contributed by atoms with van der Waals surface area (Å²) in [6, 6.07) is 13.7. The van der Waals surface area contributed by atoms with Crippen LogP contribution in [0.15, 0.2) is 42.5 Å². The minimum atomic E-state index is -1.98. The second kappa shape index (κ2) is 8.98. The topological polar surface area (TPSA) is 79.7 Å². The Morgan fingerprint density at radius 3 is 2.25 bits per heavy atom. The maximum atomic E-state index is 6.52. The molecule has 0 spiro atoms. The fourth-order valence-corrected chi connectivity index (χ4v) is 3.95. The molecule has 2 aromatic carbocycles. The van der Waals surface area contributed by atoms with Crippen LogP contribution in [-0.2, 0) is 11.0 Å². The quantitative estimate of drug-likeness (QED) is 0.486. The van der Waals surface area contributed by atoms with Crippen molar-refractivity contribution in [2.24, 2.45) is 5.73 Å². The van der Waals surface area contributed by atoms with Crippen molar-refractivity contribution in [3.05, 3.63) is 53.6 Å². The minimum Gasteiger partial charge on any atom is -0.493 e. The lowest BCUT2D eigenvalue weighted by molar-refractivity contribution is 0.191. The summed E-state index contributed by atoms with van der Waals surface area (Å²) in [7, 11) is -0.371. The summed E-state index contributed by atoms with van der Waals surface area (Å²) in [5.41, 5.74) is 14.9. The molecule has 1 unspecified atom stereocenters. The first-order valence-electron chi connectivity index (χ1n) is 9.61. The van der Waals surface area contributed by atoms with Gasteiger partial charge >= 0.3 is 0 Å². The number of anilines is 1. The van der Waals surface area contributed by atoms with Gasteiger partial charge in [0.15, 0.2) is 19.8 Å². The number of hydrogen-bond acceptors (Lipinski definition) is 5. The highest BCUT2D eigenvalue weighted by Gasteiger charge is 2.39. The van der Waals surface area contributed by atoms with Crippen molar-refractivity contribution < 1.29 is 13.9 Å². The standard InChI is InChI=1S/C22H34N2O3Si/c1-22(2,3)28(5,6)27-20(14-23)17-12-18(24)21(19(13-17)25-4)26-15-16-10-8-7-9-11-16/h7-13,20H,14-15,23-24H2,1-6H3. The van der Waals surface area contributed by atoms with Crippen LogP contribution in [0.3, 0.4) is 0 Å². The number of methoxy groups -OCH3 is 1. The second-order valence-electron chi connectivity index (χ2n) is 8.52. The Bertz CT molecular complexity index is 773. The molecule has 6 heteroatoms. The summed E-state index contributed by atoms with van der Waals surface area (Å²) in [5, 5.41) is 0.0920. The third-order valence-corrected chi connectivity index (χ3v) is 9.87. The molecule has 0 aliphatic heterocycles. The summed E-state index contributed by atoms with van der Waals surface area (Å²) in [6.45, 7) is 11.9. The van der Waals surface area contributed by atoms with E-state index in [1.165, 1.54) is 0 Å². The molecule has 0 saturated carbocycles. The lowest BCUT2D eigenvalue weighted by Gasteiger charge is -2.39. The van der Waals surface area contributed by atoms with Gasteiger partial charge in [0.2, 0.25) is 0 Å². The van der Waals surface area contributed by atoms with E-state index in [0.717, 1.165) is 11.1 Å². The Kier molecular flexibility index (Phi) is 7.15. The van der Waals surface area contributed by atoms with Crippen LogP contribution in [0, 0.1) is 0 Å². The molecule has 0 aromatic heterocycles. The fourth-order valence-electron chi connectivity index (χ4n) is 2.65. The summed E-state index contributed by atoms with van der Waals surface area (Å²) in [4.78, 5) is 0. The molecule has 0 aliphatic rings. The first-order chi connectivity index (χ1) is 13.1. The Labute approximate surface area is 170 Å². The monoisotopic (exact) mass is 402 g/mol. The summed E-state index contributed by atoms with van der Waals surface area (Å²) >= 11 is 0. The van der Waals surface area contributed by atoms with Gasteiger partial charge in [0.05, 0.1) is 18.9 Å². The average molecular weight is 403 g/mol. The zero-order valence-electron chi connectivity index (χ0n) is 17.9. The predicted molar refractivity (Wildman–Crippen MR) is 118 cm³/mol. The first-order valence-corrected chi connectivity index (χ1v) is 12.5. The van der Waals surface area contributed by atoms with Crippen molar-refractivity contribution in [2.45, 2.75) is 51.6 Å². The average Bonchev–Trinajstić information content (AvgIpc) is 2.64. The van der Waals surface area contributed by atoms with Crippen molar-refractivity contribution >= 4 is 14.0 Å². The first kappa shape index (κ1) is 22.3. The Balaban J connectivity index is 2.27.